The number of hydrogen-bond donors (Lipinski definition) is 2. The van der Waals surface area contributed by atoms with Crippen LogP contribution in [0.1, 0.15) is 29.5 Å². The zero-order chi connectivity index (χ0) is 12.3. The van der Waals surface area contributed by atoms with Crippen molar-refractivity contribution < 1.29 is 0 Å². The lowest BCUT2D eigenvalue weighted by Crippen LogP contribution is -2.07. The molecule has 0 saturated heterocycles. The summed E-state index contributed by atoms with van der Waals surface area (Å²) in [7, 11) is 0. The van der Waals surface area contributed by atoms with E-state index >= 15 is 0 Å². The molecule has 2 nitrogen and oxygen atoms in total. The fourth-order valence-electron chi connectivity index (χ4n) is 2.11. The number of nitrogens with two attached hydrogens (primary N) is 2. The van der Waals surface area contributed by atoms with Crippen LogP contribution in [0.5, 0.6) is 0 Å². The normalized spacial score (nSPS) is 12.4. The van der Waals surface area contributed by atoms with E-state index < -0.39 is 0 Å². The van der Waals surface area contributed by atoms with Gasteiger partial charge in [-0.25, -0.2) is 0 Å². The zero-order valence-corrected chi connectivity index (χ0v) is 10.1. The van der Waals surface area contributed by atoms with Crippen LogP contribution < -0.4 is 11.5 Å². The highest BCUT2D eigenvalue weighted by atomic mass is 14.6. The molecule has 0 aliphatic heterocycles. The molecule has 0 aromatic heterocycles. The minimum Gasteiger partial charge on any atom is -0.398 e. The molecule has 0 radical (unpaired) electrons. The summed E-state index contributed by atoms with van der Waals surface area (Å²) in [5.74, 6) is 0.294. The zero-order valence-electron chi connectivity index (χ0n) is 10.1. The molecular weight excluding hydrogens is 208 g/mol. The molecular formula is C15H18N2. The highest BCUT2D eigenvalue weighted by Crippen LogP contribution is 2.30. The van der Waals surface area contributed by atoms with E-state index in [-0.39, 0.29) is 0 Å². The summed E-state index contributed by atoms with van der Waals surface area (Å²) in [4.78, 5) is 0. The van der Waals surface area contributed by atoms with Crippen LogP contribution in [0.4, 0.5) is 5.69 Å². The molecule has 2 rings (SSSR count). The molecule has 2 aromatic rings. The molecule has 0 bridgehead atoms. The fraction of sp³-hybridized carbons (Fsp3) is 0.200. The van der Waals surface area contributed by atoms with E-state index in [1.54, 1.807) is 0 Å². The molecule has 2 aromatic carbocycles. The SMILES string of the molecule is CC(c1ccccc1)c1cccc(CN)c1N. The first-order valence-corrected chi connectivity index (χ1v) is 5.86. The molecule has 88 valence electrons. The summed E-state index contributed by atoms with van der Waals surface area (Å²) in [5, 5.41) is 0. The van der Waals surface area contributed by atoms with Gasteiger partial charge in [0.15, 0.2) is 0 Å². The summed E-state index contributed by atoms with van der Waals surface area (Å²) in [6.45, 7) is 2.66. The van der Waals surface area contributed by atoms with Crippen LogP contribution in [-0.2, 0) is 6.54 Å². The molecule has 1 atom stereocenters. The van der Waals surface area contributed by atoms with Crippen molar-refractivity contribution in [3.63, 3.8) is 0 Å². The van der Waals surface area contributed by atoms with E-state index in [9.17, 15) is 0 Å². The number of rotatable bonds is 3. The number of benzene rings is 2. The quantitative estimate of drug-likeness (QED) is 0.791. The van der Waals surface area contributed by atoms with E-state index in [4.69, 9.17) is 11.5 Å². The van der Waals surface area contributed by atoms with Crippen molar-refractivity contribution in [2.24, 2.45) is 5.73 Å². The Kier molecular flexibility index (Phi) is 3.45. The Balaban J connectivity index is 2.41. The van der Waals surface area contributed by atoms with Gasteiger partial charge in [0.25, 0.3) is 0 Å². The van der Waals surface area contributed by atoms with Crippen LogP contribution in [0, 0.1) is 0 Å². The van der Waals surface area contributed by atoms with Crippen molar-refractivity contribution >= 4 is 5.69 Å². The lowest BCUT2D eigenvalue weighted by Gasteiger charge is -2.16. The van der Waals surface area contributed by atoms with Gasteiger partial charge in [0.2, 0.25) is 0 Å². The first-order valence-electron chi connectivity index (χ1n) is 5.86. The predicted molar refractivity (Wildman–Crippen MR) is 72.7 cm³/mol. The molecule has 4 N–H and O–H groups in total. The van der Waals surface area contributed by atoms with Gasteiger partial charge in [-0.3, -0.25) is 0 Å². The van der Waals surface area contributed by atoms with Crippen LogP contribution in [0.25, 0.3) is 0 Å². The van der Waals surface area contributed by atoms with Crippen molar-refractivity contribution in [2.75, 3.05) is 5.73 Å². The van der Waals surface area contributed by atoms with Crippen LogP contribution >= 0.6 is 0 Å². The van der Waals surface area contributed by atoms with Crippen molar-refractivity contribution in [1.29, 1.82) is 0 Å². The fourth-order valence-corrected chi connectivity index (χ4v) is 2.11. The van der Waals surface area contributed by atoms with Crippen molar-refractivity contribution in [3.05, 3.63) is 65.2 Å². The van der Waals surface area contributed by atoms with E-state index in [1.807, 2.05) is 18.2 Å². The lowest BCUT2D eigenvalue weighted by atomic mass is 9.90. The van der Waals surface area contributed by atoms with Gasteiger partial charge >= 0.3 is 0 Å². The van der Waals surface area contributed by atoms with Crippen molar-refractivity contribution in [1.82, 2.24) is 0 Å². The van der Waals surface area contributed by atoms with Crippen LogP contribution in [0.2, 0.25) is 0 Å². The number of para-hydroxylation sites is 1. The second kappa shape index (κ2) is 5.02. The third-order valence-electron chi connectivity index (χ3n) is 3.22. The highest BCUT2D eigenvalue weighted by Gasteiger charge is 2.12. The van der Waals surface area contributed by atoms with E-state index in [1.165, 1.54) is 5.56 Å². The van der Waals surface area contributed by atoms with Gasteiger partial charge in [-0.05, 0) is 16.7 Å². The Morgan fingerprint density at radius 3 is 2.35 bits per heavy atom. The number of nitrogen functional groups attached to an aromatic ring is 1. The summed E-state index contributed by atoms with van der Waals surface area (Å²) in [6, 6.07) is 16.5. The highest BCUT2D eigenvalue weighted by molar-refractivity contribution is 5.57. The van der Waals surface area contributed by atoms with E-state index in [0.29, 0.717) is 12.5 Å². The minimum absolute atomic E-state index is 0.294. The van der Waals surface area contributed by atoms with Gasteiger partial charge in [0.1, 0.15) is 0 Å². The molecule has 0 spiro atoms. The Morgan fingerprint density at radius 1 is 1.00 bits per heavy atom. The molecule has 17 heavy (non-hydrogen) atoms. The smallest absolute Gasteiger partial charge is 0.0398 e. The van der Waals surface area contributed by atoms with E-state index in [0.717, 1.165) is 16.8 Å². The number of hydrogen-bond acceptors (Lipinski definition) is 2. The molecule has 1 unspecified atom stereocenters. The number of anilines is 1. The molecule has 0 saturated carbocycles. The Bertz CT molecular complexity index is 492. The van der Waals surface area contributed by atoms with Gasteiger partial charge in [0, 0.05) is 18.2 Å². The predicted octanol–water partition coefficient (Wildman–Crippen LogP) is 2.88. The maximum absolute atomic E-state index is 6.15. The van der Waals surface area contributed by atoms with Crippen molar-refractivity contribution in [2.45, 2.75) is 19.4 Å². The lowest BCUT2D eigenvalue weighted by molar-refractivity contribution is 0.918. The Hall–Kier alpha value is -1.80. The summed E-state index contributed by atoms with van der Waals surface area (Å²) >= 11 is 0. The maximum Gasteiger partial charge on any atom is 0.0398 e. The average molecular weight is 226 g/mol. The standard InChI is InChI=1S/C15H18N2/c1-11(12-6-3-2-4-7-12)14-9-5-8-13(10-16)15(14)17/h2-9,11H,10,16-17H2,1H3. The van der Waals surface area contributed by atoms with Crippen LogP contribution in [0.3, 0.4) is 0 Å². The molecule has 0 aliphatic rings. The Morgan fingerprint density at radius 2 is 1.71 bits per heavy atom. The van der Waals surface area contributed by atoms with Gasteiger partial charge in [-0.1, -0.05) is 55.5 Å². The molecule has 0 aliphatic carbocycles. The largest absolute Gasteiger partial charge is 0.398 e. The first-order chi connectivity index (χ1) is 8.24. The summed E-state index contributed by atoms with van der Waals surface area (Å²) in [6.07, 6.45) is 0. The average Bonchev–Trinajstić information content (AvgIpc) is 2.39. The van der Waals surface area contributed by atoms with Gasteiger partial charge in [0.05, 0.1) is 0 Å². The third kappa shape index (κ3) is 2.32. The van der Waals surface area contributed by atoms with Crippen LogP contribution in [-0.4, -0.2) is 0 Å². The first kappa shape index (κ1) is 11.7. The second-order valence-corrected chi connectivity index (χ2v) is 4.26. The van der Waals surface area contributed by atoms with Crippen molar-refractivity contribution in [3.8, 4) is 0 Å². The van der Waals surface area contributed by atoms with Gasteiger partial charge < -0.3 is 11.5 Å². The topological polar surface area (TPSA) is 52.0 Å². The minimum atomic E-state index is 0.294. The van der Waals surface area contributed by atoms with E-state index in [2.05, 4.69) is 37.3 Å². The van der Waals surface area contributed by atoms with Gasteiger partial charge in [-0.2, -0.15) is 0 Å². The third-order valence-corrected chi connectivity index (χ3v) is 3.22. The van der Waals surface area contributed by atoms with Crippen LogP contribution in [0.15, 0.2) is 48.5 Å². The molecule has 0 heterocycles. The summed E-state index contributed by atoms with van der Waals surface area (Å²) in [5.41, 5.74) is 16.1. The van der Waals surface area contributed by atoms with Gasteiger partial charge in [-0.15, -0.1) is 0 Å². The summed E-state index contributed by atoms with van der Waals surface area (Å²) < 4.78 is 0. The molecule has 0 fully saturated rings. The monoisotopic (exact) mass is 226 g/mol. The maximum atomic E-state index is 6.15. The molecule has 2 heteroatoms. The molecule has 0 amide bonds. The second-order valence-electron chi connectivity index (χ2n) is 4.26. The Labute approximate surface area is 102 Å².